The van der Waals surface area contributed by atoms with E-state index >= 15 is 0 Å². The Hall–Kier alpha value is -3.16. The molecule has 0 atom stereocenters. The van der Waals surface area contributed by atoms with Gasteiger partial charge in [0.25, 0.3) is 0 Å². The number of guanidine groups is 1. The van der Waals surface area contributed by atoms with E-state index in [1.54, 1.807) is 14.1 Å². The third-order valence-electron chi connectivity index (χ3n) is 4.48. The molecule has 8 heteroatoms. The van der Waals surface area contributed by atoms with E-state index in [9.17, 15) is 13.6 Å². The highest BCUT2D eigenvalue weighted by molar-refractivity contribution is 5.86. The van der Waals surface area contributed by atoms with Crippen LogP contribution >= 0.6 is 0 Å². The van der Waals surface area contributed by atoms with Crippen LogP contribution in [0.2, 0.25) is 0 Å². The first kappa shape index (κ1) is 23.1. The van der Waals surface area contributed by atoms with E-state index < -0.39 is 11.6 Å². The minimum atomic E-state index is -0.520. The van der Waals surface area contributed by atoms with Crippen molar-refractivity contribution >= 4 is 17.6 Å². The largest absolute Gasteiger partial charge is 0.375 e. The molecule has 2 aromatic rings. The smallest absolute Gasteiger partial charge is 0.241 e. The van der Waals surface area contributed by atoms with Crippen LogP contribution < -0.4 is 15.5 Å². The molecule has 0 aromatic heterocycles. The molecule has 2 aromatic carbocycles. The SMILES string of the molecule is CN(C)C(=O)CNC(=NCc1cc(F)ccc1F)NCCCN(C)c1ccccc1. The molecular weight excluding hydrogens is 388 g/mol. The third-order valence-corrected chi connectivity index (χ3v) is 4.48. The van der Waals surface area contributed by atoms with Crippen LogP contribution in [0, 0.1) is 11.6 Å². The number of carbonyl (C=O) groups is 1. The van der Waals surface area contributed by atoms with Crippen LogP contribution in [0.5, 0.6) is 0 Å². The Morgan fingerprint density at radius 3 is 2.47 bits per heavy atom. The number of rotatable bonds is 9. The molecule has 0 aliphatic rings. The zero-order chi connectivity index (χ0) is 21.9. The van der Waals surface area contributed by atoms with Crippen molar-refractivity contribution in [1.82, 2.24) is 15.5 Å². The van der Waals surface area contributed by atoms with Gasteiger partial charge in [-0.05, 0) is 36.8 Å². The molecule has 30 heavy (non-hydrogen) atoms. The summed E-state index contributed by atoms with van der Waals surface area (Å²) in [5.74, 6) is -0.786. The van der Waals surface area contributed by atoms with Crippen molar-refractivity contribution in [3.63, 3.8) is 0 Å². The number of benzene rings is 2. The van der Waals surface area contributed by atoms with Gasteiger partial charge in [-0.25, -0.2) is 13.8 Å². The summed E-state index contributed by atoms with van der Waals surface area (Å²) in [6, 6.07) is 13.3. The van der Waals surface area contributed by atoms with E-state index in [1.165, 1.54) is 4.90 Å². The lowest BCUT2D eigenvalue weighted by Gasteiger charge is -2.20. The van der Waals surface area contributed by atoms with Gasteiger partial charge in [-0.15, -0.1) is 0 Å². The minimum Gasteiger partial charge on any atom is -0.375 e. The van der Waals surface area contributed by atoms with Gasteiger partial charge in [0, 0.05) is 45.5 Å². The molecule has 0 fully saturated rings. The van der Waals surface area contributed by atoms with Gasteiger partial charge in [-0.1, -0.05) is 18.2 Å². The fourth-order valence-corrected chi connectivity index (χ4v) is 2.66. The highest BCUT2D eigenvalue weighted by atomic mass is 19.1. The van der Waals surface area contributed by atoms with E-state index in [2.05, 4.69) is 20.5 Å². The molecule has 0 aliphatic carbocycles. The molecule has 2 N–H and O–H groups in total. The first-order chi connectivity index (χ1) is 14.4. The highest BCUT2D eigenvalue weighted by Crippen LogP contribution is 2.11. The Bertz CT molecular complexity index is 843. The average molecular weight is 418 g/mol. The summed E-state index contributed by atoms with van der Waals surface area (Å²) in [4.78, 5) is 19.8. The fraction of sp³-hybridized carbons (Fsp3) is 0.364. The van der Waals surface area contributed by atoms with Gasteiger partial charge in [0.15, 0.2) is 5.96 Å². The normalized spacial score (nSPS) is 11.2. The standard InChI is InChI=1S/C22H29F2N5O/c1-28(2)21(30)16-27-22(26-15-17-14-18(23)10-11-20(17)24)25-12-7-13-29(3)19-8-5-4-6-9-19/h4-6,8-11,14H,7,12-13,15-16H2,1-3H3,(H2,25,26,27). The molecule has 0 spiro atoms. The summed E-state index contributed by atoms with van der Waals surface area (Å²) in [5, 5.41) is 6.09. The lowest BCUT2D eigenvalue weighted by Crippen LogP contribution is -2.43. The lowest BCUT2D eigenvalue weighted by molar-refractivity contribution is -0.127. The van der Waals surface area contributed by atoms with Gasteiger partial charge in [-0.2, -0.15) is 0 Å². The van der Waals surface area contributed by atoms with Crippen molar-refractivity contribution in [2.45, 2.75) is 13.0 Å². The second-order valence-corrected chi connectivity index (χ2v) is 7.08. The summed E-state index contributed by atoms with van der Waals surface area (Å²) in [6.07, 6.45) is 0.821. The summed E-state index contributed by atoms with van der Waals surface area (Å²) in [5.41, 5.74) is 1.28. The number of anilines is 1. The lowest BCUT2D eigenvalue weighted by atomic mass is 10.2. The first-order valence-electron chi connectivity index (χ1n) is 9.79. The van der Waals surface area contributed by atoms with Gasteiger partial charge in [0.2, 0.25) is 5.91 Å². The minimum absolute atomic E-state index is 0.0427. The van der Waals surface area contributed by atoms with Crippen molar-refractivity contribution < 1.29 is 13.6 Å². The Labute approximate surface area is 176 Å². The Morgan fingerprint density at radius 1 is 1.03 bits per heavy atom. The molecule has 0 saturated carbocycles. The van der Waals surface area contributed by atoms with Gasteiger partial charge < -0.3 is 20.4 Å². The number of nitrogens with one attached hydrogen (secondary N) is 2. The Kier molecular flexibility index (Phi) is 9.05. The monoisotopic (exact) mass is 417 g/mol. The quantitative estimate of drug-likeness (QED) is 0.374. The molecule has 1 amide bonds. The van der Waals surface area contributed by atoms with Crippen LogP contribution in [0.15, 0.2) is 53.5 Å². The molecular formula is C22H29F2N5O. The van der Waals surface area contributed by atoms with Crippen LogP contribution in [-0.4, -0.2) is 57.5 Å². The van der Waals surface area contributed by atoms with E-state index in [-0.39, 0.29) is 24.6 Å². The molecule has 2 rings (SSSR count). The van der Waals surface area contributed by atoms with E-state index in [0.29, 0.717) is 12.5 Å². The Balaban J connectivity index is 1.93. The topological polar surface area (TPSA) is 60.0 Å². The molecule has 0 radical (unpaired) electrons. The number of para-hydroxylation sites is 1. The molecule has 0 saturated heterocycles. The van der Waals surface area contributed by atoms with E-state index in [1.807, 2.05) is 37.4 Å². The maximum Gasteiger partial charge on any atom is 0.241 e. The molecule has 0 bridgehead atoms. The number of aliphatic imine (C=N–C) groups is 1. The van der Waals surface area contributed by atoms with Crippen LogP contribution in [0.1, 0.15) is 12.0 Å². The summed E-state index contributed by atoms with van der Waals surface area (Å²) >= 11 is 0. The summed E-state index contributed by atoms with van der Waals surface area (Å²) < 4.78 is 27.2. The number of likely N-dealkylation sites (N-methyl/N-ethyl adjacent to an activating group) is 1. The number of hydrogen-bond donors (Lipinski definition) is 2. The van der Waals surface area contributed by atoms with Gasteiger partial charge in [0.05, 0.1) is 13.1 Å². The van der Waals surface area contributed by atoms with Crippen molar-refractivity contribution in [2.24, 2.45) is 4.99 Å². The van der Waals surface area contributed by atoms with Crippen molar-refractivity contribution in [2.75, 3.05) is 45.7 Å². The molecule has 0 aliphatic heterocycles. The summed E-state index contributed by atoms with van der Waals surface area (Å²) in [6.45, 7) is 1.43. The van der Waals surface area contributed by atoms with Gasteiger partial charge in [-0.3, -0.25) is 4.79 Å². The van der Waals surface area contributed by atoms with Crippen molar-refractivity contribution in [1.29, 1.82) is 0 Å². The van der Waals surface area contributed by atoms with E-state index in [0.717, 1.165) is 36.9 Å². The van der Waals surface area contributed by atoms with Gasteiger partial charge in [0.1, 0.15) is 11.6 Å². The number of halogens is 2. The number of amides is 1. The molecule has 162 valence electrons. The van der Waals surface area contributed by atoms with Crippen molar-refractivity contribution in [3.8, 4) is 0 Å². The average Bonchev–Trinajstić information content (AvgIpc) is 2.74. The van der Waals surface area contributed by atoms with Crippen LogP contribution in [0.4, 0.5) is 14.5 Å². The second kappa shape index (κ2) is 11.7. The van der Waals surface area contributed by atoms with Crippen LogP contribution in [0.3, 0.4) is 0 Å². The molecule has 0 unspecified atom stereocenters. The second-order valence-electron chi connectivity index (χ2n) is 7.08. The predicted octanol–water partition coefficient (Wildman–Crippen LogP) is 2.61. The third kappa shape index (κ3) is 7.69. The zero-order valence-electron chi connectivity index (χ0n) is 17.7. The maximum atomic E-state index is 13.9. The maximum absolute atomic E-state index is 13.9. The van der Waals surface area contributed by atoms with Crippen molar-refractivity contribution in [3.05, 3.63) is 65.7 Å². The van der Waals surface area contributed by atoms with Gasteiger partial charge >= 0.3 is 0 Å². The van der Waals surface area contributed by atoms with Crippen LogP contribution in [0.25, 0.3) is 0 Å². The predicted molar refractivity (Wildman–Crippen MR) is 117 cm³/mol. The zero-order valence-corrected chi connectivity index (χ0v) is 17.7. The first-order valence-corrected chi connectivity index (χ1v) is 9.79. The molecule has 0 heterocycles. The Morgan fingerprint density at radius 2 is 1.77 bits per heavy atom. The molecule has 6 nitrogen and oxygen atoms in total. The number of hydrogen-bond acceptors (Lipinski definition) is 3. The fourth-order valence-electron chi connectivity index (χ4n) is 2.66. The number of nitrogens with zero attached hydrogens (tertiary/aromatic N) is 3. The van der Waals surface area contributed by atoms with E-state index in [4.69, 9.17) is 0 Å². The highest BCUT2D eigenvalue weighted by Gasteiger charge is 2.08. The number of carbonyl (C=O) groups excluding carboxylic acids is 1. The summed E-state index contributed by atoms with van der Waals surface area (Å²) in [7, 11) is 5.34. The van der Waals surface area contributed by atoms with Crippen LogP contribution in [-0.2, 0) is 11.3 Å².